The molecule has 1 amide bonds. The summed E-state index contributed by atoms with van der Waals surface area (Å²) in [4.78, 5) is 22.4. The zero-order valence-electron chi connectivity index (χ0n) is 10.7. The molecule has 0 aliphatic rings. The highest BCUT2D eigenvalue weighted by molar-refractivity contribution is 5.80. The number of nitrogens with one attached hydrogen (secondary N) is 2. The van der Waals surface area contributed by atoms with Crippen molar-refractivity contribution < 1.29 is 19.4 Å². The van der Waals surface area contributed by atoms with Crippen molar-refractivity contribution in [3.63, 3.8) is 0 Å². The van der Waals surface area contributed by atoms with Crippen LogP contribution in [0.5, 0.6) is 0 Å². The van der Waals surface area contributed by atoms with Crippen LogP contribution in [0.15, 0.2) is 0 Å². The second kappa shape index (κ2) is 8.03. The molecule has 0 spiro atoms. The highest BCUT2D eigenvalue weighted by Gasteiger charge is 2.31. The zero-order valence-corrected chi connectivity index (χ0v) is 10.7. The number of amides is 1. The van der Waals surface area contributed by atoms with E-state index < -0.39 is 11.4 Å². The van der Waals surface area contributed by atoms with Crippen LogP contribution >= 0.6 is 0 Å². The number of hydrogen-bond acceptors (Lipinski definition) is 4. The van der Waals surface area contributed by atoms with Crippen molar-refractivity contribution in [1.82, 2.24) is 10.6 Å². The highest BCUT2D eigenvalue weighted by atomic mass is 16.5. The molecule has 0 radical (unpaired) electrons. The fourth-order valence-electron chi connectivity index (χ4n) is 1.08. The van der Waals surface area contributed by atoms with Gasteiger partial charge in [0.2, 0.25) is 5.91 Å². The second-order valence-electron chi connectivity index (χ2n) is 4.17. The van der Waals surface area contributed by atoms with E-state index in [1.54, 1.807) is 21.0 Å². The molecule has 1 atom stereocenters. The zero-order chi connectivity index (χ0) is 13.3. The number of carboxylic acids is 1. The van der Waals surface area contributed by atoms with Gasteiger partial charge in [-0.1, -0.05) is 6.92 Å². The molecule has 1 unspecified atom stereocenters. The van der Waals surface area contributed by atoms with E-state index in [9.17, 15) is 9.59 Å². The van der Waals surface area contributed by atoms with Gasteiger partial charge in [-0.05, 0) is 13.3 Å². The Kier molecular flexibility index (Phi) is 7.49. The largest absolute Gasteiger partial charge is 0.481 e. The Labute approximate surface area is 102 Å². The molecule has 0 bridgehead atoms. The van der Waals surface area contributed by atoms with Crippen LogP contribution < -0.4 is 10.6 Å². The summed E-state index contributed by atoms with van der Waals surface area (Å²) in [7, 11) is 1.58. The molecule has 17 heavy (non-hydrogen) atoms. The summed E-state index contributed by atoms with van der Waals surface area (Å²) in [5, 5.41) is 14.5. The molecule has 0 saturated heterocycles. The van der Waals surface area contributed by atoms with Gasteiger partial charge in [-0.3, -0.25) is 9.59 Å². The van der Waals surface area contributed by atoms with Crippen LogP contribution in [0.1, 0.15) is 20.3 Å². The summed E-state index contributed by atoms with van der Waals surface area (Å²) in [6.45, 7) is 4.85. The number of rotatable bonds is 9. The fourth-order valence-corrected chi connectivity index (χ4v) is 1.08. The number of carboxylic acid groups (broad SMARTS) is 1. The van der Waals surface area contributed by atoms with Gasteiger partial charge in [0.1, 0.15) is 0 Å². The Morgan fingerprint density at radius 3 is 2.53 bits per heavy atom. The number of hydrogen-bond donors (Lipinski definition) is 3. The van der Waals surface area contributed by atoms with Gasteiger partial charge in [0.05, 0.1) is 18.6 Å². The van der Waals surface area contributed by atoms with Crippen LogP contribution in [-0.2, 0) is 14.3 Å². The summed E-state index contributed by atoms with van der Waals surface area (Å²) in [6, 6.07) is 0. The van der Waals surface area contributed by atoms with Crippen molar-refractivity contribution >= 4 is 11.9 Å². The monoisotopic (exact) mass is 246 g/mol. The van der Waals surface area contributed by atoms with Crippen molar-refractivity contribution in [1.29, 1.82) is 0 Å². The summed E-state index contributed by atoms with van der Waals surface area (Å²) in [6.07, 6.45) is 0.472. The third-order valence-corrected chi connectivity index (χ3v) is 2.74. The molecule has 6 nitrogen and oxygen atoms in total. The molecule has 0 rings (SSSR count). The van der Waals surface area contributed by atoms with Gasteiger partial charge in [-0.2, -0.15) is 0 Å². The lowest BCUT2D eigenvalue weighted by Gasteiger charge is -2.23. The molecule has 0 aliphatic heterocycles. The lowest BCUT2D eigenvalue weighted by Crippen LogP contribution is -2.43. The first kappa shape index (κ1) is 15.9. The minimum absolute atomic E-state index is 0.142. The minimum Gasteiger partial charge on any atom is -0.481 e. The van der Waals surface area contributed by atoms with Crippen LogP contribution in [0.25, 0.3) is 0 Å². The van der Waals surface area contributed by atoms with E-state index in [1.165, 1.54) is 0 Å². The van der Waals surface area contributed by atoms with Crippen molar-refractivity contribution in [3.8, 4) is 0 Å². The topological polar surface area (TPSA) is 87.7 Å². The van der Waals surface area contributed by atoms with Gasteiger partial charge in [-0.15, -0.1) is 0 Å². The molecule has 0 aromatic carbocycles. The summed E-state index contributed by atoms with van der Waals surface area (Å²) < 4.78 is 4.81. The second-order valence-corrected chi connectivity index (χ2v) is 4.17. The van der Waals surface area contributed by atoms with E-state index in [0.717, 1.165) is 0 Å². The molecule has 0 aromatic heterocycles. The Balaban J connectivity index is 3.86. The molecule has 0 heterocycles. The summed E-state index contributed by atoms with van der Waals surface area (Å²) >= 11 is 0. The van der Waals surface area contributed by atoms with E-state index in [4.69, 9.17) is 9.84 Å². The van der Waals surface area contributed by atoms with Crippen LogP contribution in [0.2, 0.25) is 0 Å². The normalized spacial score (nSPS) is 14.1. The van der Waals surface area contributed by atoms with Crippen molar-refractivity contribution in [2.75, 3.05) is 33.4 Å². The molecule has 0 fully saturated rings. The van der Waals surface area contributed by atoms with Crippen molar-refractivity contribution in [2.45, 2.75) is 20.3 Å². The number of methoxy groups -OCH3 is 1. The standard InChI is InChI=1S/C11H22N2O4/c1-4-11(2,10(15)16)8-13-9(14)7-12-5-6-17-3/h12H,4-8H2,1-3H3,(H,13,14)(H,15,16). The van der Waals surface area contributed by atoms with Crippen LogP contribution in [-0.4, -0.2) is 50.3 Å². The smallest absolute Gasteiger partial charge is 0.311 e. The average molecular weight is 246 g/mol. The highest BCUT2D eigenvalue weighted by Crippen LogP contribution is 2.19. The number of ether oxygens (including phenoxy) is 1. The maximum Gasteiger partial charge on any atom is 0.311 e. The fraction of sp³-hybridized carbons (Fsp3) is 0.818. The van der Waals surface area contributed by atoms with Gasteiger partial charge in [0.25, 0.3) is 0 Å². The van der Waals surface area contributed by atoms with Gasteiger partial charge in [-0.25, -0.2) is 0 Å². The average Bonchev–Trinajstić information content (AvgIpc) is 2.31. The van der Waals surface area contributed by atoms with E-state index >= 15 is 0 Å². The summed E-state index contributed by atoms with van der Waals surface area (Å²) in [5.41, 5.74) is -0.901. The van der Waals surface area contributed by atoms with Gasteiger partial charge in [0.15, 0.2) is 0 Å². The lowest BCUT2D eigenvalue weighted by atomic mass is 9.88. The number of aliphatic carboxylic acids is 1. The number of carbonyl (C=O) groups is 2. The van der Waals surface area contributed by atoms with Gasteiger partial charge >= 0.3 is 5.97 Å². The van der Waals surface area contributed by atoms with Gasteiger partial charge in [0, 0.05) is 20.2 Å². The molecule has 0 saturated carbocycles. The predicted molar refractivity (Wildman–Crippen MR) is 63.8 cm³/mol. The Hall–Kier alpha value is -1.14. The third-order valence-electron chi connectivity index (χ3n) is 2.74. The lowest BCUT2D eigenvalue weighted by molar-refractivity contribution is -0.148. The maximum absolute atomic E-state index is 11.4. The van der Waals surface area contributed by atoms with Crippen molar-refractivity contribution in [3.05, 3.63) is 0 Å². The van der Waals surface area contributed by atoms with Crippen LogP contribution in [0.3, 0.4) is 0 Å². The minimum atomic E-state index is -0.901. The molecular formula is C11H22N2O4. The van der Waals surface area contributed by atoms with E-state index in [1.807, 2.05) is 0 Å². The van der Waals surface area contributed by atoms with E-state index in [2.05, 4.69) is 10.6 Å². The predicted octanol–water partition coefficient (Wildman–Crippen LogP) is -0.160. The Bertz CT molecular complexity index is 258. The molecule has 0 aromatic rings. The SMILES string of the molecule is CCC(C)(CNC(=O)CNCCOC)C(=O)O. The third kappa shape index (κ3) is 6.23. The molecular weight excluding hydrogens is 224 g/mol. The Morgan fingerprint density at radius 2 is 2.06 bits per heavy atom. The number of carbonyl (C=O) groups excluding carboxylic acids is 1. The van der Waals surface area contributed by atoms with E-state index in [0.29, 0.717) is 19.6 Å². The first-order chi connectivity index (χ1) is 7.96. The van der Waals surface area contributed by atoms with Gasteiger partial charge < -0.3 is 20.5 Å². The molecule has 3 N–H and O–H groups in total. The van der Waals surface area contributed by atoms with Crippen molar-refractivity contribution in [2.24, 2.45) is 5.41 Å². The maximum atomic E-state index is 11.4. The molecule has 100 valence electrons. The molecule has 0 aliphatic carbocycles. The van der Waals surface area contributed by atoms with Crippen LogP contribution in [0.4, 0.5) is 0 Å². The van der Waals surface area contributed by atoms with Crippen LogP contribution in [0, 0.1) is 5.41 Å². The molecule has 6 heteroatoms. The first-order valence-electron chi connectivity index (χ1n) is 5.66. The quantitative estimate of drug-likeness (QED) is 0.492. The first-order valence-corrected chi connectivity index (χ1v) is 5.66. The summed E-state index contributed by atoms with van der Waals surface area (Å²) in [5.74, 6) is -1.10. The Morgan fingerprint density at radius 1 is 1.41 bits per heavy atom. The van der Waals surface area contributed by atoms with E-state index in [-0.39, 0.29) is 19.0 Å².